The number of carbonyl (C=O) groups excluding carboxylic acids is 1. The third kappa shape index (κ3) is 2.86. The van der Waals surface area contributed by atoms with Crippen molar-refractivity contribution < 1.29 is 4.79 Å². The summed E-state index contributed by atoms with van der Waals surface area (Å²) >= 11 is 5.06. The zero-order valence-corrected chi connectivity index (χ0v) is 12.4. The van der Waals surface area contributed by atoms with E-state index in [2.05, 4.69) is 35.1 Å². The Balaban J connectivity index is 2.81. The monoisotopic (exact) mass is 303 g/mol. The fourth-order valence-corrected chi connectivity index (χ4v) is 3.31. The highest BCUT2D eigenvalue weighted by Gasteiger charge is 2.27. The molecule has 1 amide bonds. The maximum Gasteiger partial charge on any atom is 0.252 e. The third-order valence-corrected chi connectivity index (χ3v) is 5.02. The van der Waals surface area contributed by atoms with E-state index in [0.29, 0.717) is 0 Å². The smallest absolute Gasteiger partial charge is 0.252 e. The molecule has 0 bridgehead atoms. The third-order valence-electron chi connectivity index (χ3n) is 3.09. The van der Waals surface area contributed by atoms with Gasteiger partial charge in [0, 0.05) is 16.2 Å². The standard InChI is InChI=1S/C12H18BrNOS/c1-4-12(5-2,8-13)14-11(15)10-7-16-6-9(10)3/h6-7H,4-5,8H2,1-3H3,(H,14,15). The first kappa shape index (κ1) is 13.7. The maximum atomic E-state index is 12.1. The van der Waals surface area contributed by atoms with E-state index < -0.39 is 0 Å². The average Bonchev–Trinajstić information content (AvgIpc) is 2.72. The van der Waals surface area contributed by atoms with Gasteiger partial charge in [-0.2, -0.15) is 11.3 Å². The predicted molar refractivity (Wildman–Crippen MR) is 73.6 cm³/mol. The van der Waals surface area contributed by atoms with E-state index in [9.17, 15) is 4.79 Å². The van der Waals surface area contributed by atoms with Gasteiger partial charge in [0.25, 0.3) is 5.91 Å². The number of hydrogen-bond donors (Lipinski definition) is 1. The molecule has 4 heteroatoms. The molecule has 1 N–H and O–H groups in total. The number of rotatable bonds is 5. The van der Waals surface area contributed by atoms with Crippen LogP contribution in [0.2, 0.25) is 0 Å². The number of hydrogen-bond acceptors (Lipinski definition) is 2. The molecule has 90 valence electrons. The van der Waals surface area contributed by atoms with Crippen molar-refractivity contribution in [2.45, 2.75) is 39.2 Å². The quantitative estimate of drug-likeness (QED) is 0.825. The first-order valence-corrected chi connectivity index (χ1v) is 7.56. The van der Waals surface area contributed by atoms with Crippen molar-refractivity contribution in [1.82, 2.24) is 5.32 Å². The number of halogens is 1. The molecular formula is C12H18BrNOS. The molecule has 0 aromatic carbocycles. The van der Waals surface area contributed by atoms with Gasteiger partial charge in [-0.15, -0.1) is 0 Å². The van der Waals surface area contributed by atoms with Crippen molar-refractivity contribution in [1.29, 1.82) is 0 Å². The molecule has 1 heterocycles. The molecule has 0 aliphatic rings. The van der Waals surface area contributed by atoms with E-state index in [1.54, 1.807) is 11.3 Å². The molecule has 1 rings (SSSR count). The minimum Gasteiger partial charge on any atom is -0.346 e. The largest absolute Gasteiger partial charge is 0.346 e. The molecule has 0 aliphatic carbocycles. The summed E-state index contributed by atoms with van der Waals surface area (Å²) in [6, 6.07) is 0. The van der Waals surface area contributed by atoms with Gasteiger partial charge >= 0.3 is 0 Å². The van der Waals surface area contributed by atoms with Crippen molar-refractivity contribution >= 4 is 33.2 Å². The summed E-state index contributed by atoms with van der Waals surface area (Å²) < 4.78 is 0. The van der Waals surface area contributed by atoms with Crippen molar-refractivity contribution in [3.8, 4) is 0 Å². The molecule has 0 saturated carbocycles. The number of nitrogens with one attached hydrogen (secondary N) is 1. The lowest BCUT2D eigenvalue weighted by Crippen LogP contribution is -2.49. The number of aryl methyl sites for hydroxylation is 1. The van der Waals surface area contributed by atoms with Gasteiger partial charge in [0.15, 0.2) is 0 Å². The fraction of sp³-hybridized carbons (Fsp3) is 0.583. The highest BCUT2D eigenvalue weighted by Crippen LogP contribution is 2.20. The second-order valence-corrected chi connectivity index (χ2v) is 5.35. The summed E-state index contributed by atoms with van der Waals surface area (Å²) in [5, 5.41) is 7.85. The number of alkyl halides is 1. The van der Waals surface area contributed by atoms with Crippen LogP contribution in [0.25, 0.3) is 0 Å². The first-order valence-electron chi connectivity index (χ1n) is 5.50. The average molecular weight is 304 g/mol. The molecule has 0 fully saturated rings. The zero-order valence-electron chi connectivity index (χ0n) is 9.97. The van der Waals surface area contributed by atoms with Crippen LogP contribution in [0.4, 0.5) is 0 Å². The highest BCUT2D eigenvalue weighted by atomic mass is 79.9. The normalized spacial score (nSPS) is 11.5. The summed E-state index contributed by atoms with van der Waals surface area (Å²) in [5.74, 6) is 0.0434. The molecule has 0 aliphatic heterocycles. The first-order chi connectivity index (χ1) is 7.58. The van der Waals surface area contributed by atoms with Crippen LogP contribution in [0.1, 0.15) is 42.6 Å². The van der Waals surface area contributed by atoms with E-state index in [-0.39, 0.29) is 11.4 Å². The van der Waals surface area contributed by atoms with Crippen LogP contribution >= 0.6 is 27.3 Å². The van der Waals surface area contributed by atoms with Crippen LogP contribution in [0.15, 0.2) is 10.8 Å². The second-order valence-electron chi connectivity index (χ2n) is 4.04. The van der Waals surface area contributed by atoms with Crippen LogP contribution in [0, 0.1) is 6.92 Å². The fourth-order valence-electron chi connectivity index (χ4n) is 1.55. The Morgan fingerprint density at radius 1 is 1.44 bits per heavy atom. The lowest BCUT2D eigenvalue weighted by Gasteiger charge is -2.30. The van der Waals surface area contributed by atoms with E-state index in [1.165, 1.54) is 0 Å². The summed E-state index contributed by atoms with van der Waals surface area (Å²) in [4.78, 5) is 12.1. The second kappa shape index (κ2) is 5.82. The van der Waals surface area contributed by atoms with Crippen molar-refractivity contribution in [2.24, 2.45) is 0 Å². The highest BCUT2D eigenvalue weighted by molar-refractivity contribution is 9.09. The van der Waals surface area contributed by atoms with Gasteiger partial charge in [0.2, 0.25) is 0 Å². The summed E-state index contributed by atoms with van der Waals surface area (Å²) in [7, 11) is 0. The number of amides is 1. The summed E-state index contributed by atoms with van der Waals surface area (Å²) in [6.07, 6.45) is 1.87. The molecule has 16 heavy (non-hydrogen) atoms. The molecule has 0 radical (unpaired) electrons. The lowest BCUT2D eigenvalue weighted by atomic mass is 9.95. The van der Waals surface area contributed by atoms with Gasteiger partial charge in [-0.25, -0.2) is 0 Å². The molecular weight excluding hydrogens is 286 g/mol. The zero-order chi connectivity index (χ0) is 12.2. The lowest BCUT2D eigenvalue weighted by molar-refractivity contribution is 0.0903. The van der Waals surface area contributed by atoms with Crippen molar-refractivity contribution in [3.05, 3.63) is 21.9 Å². The van der Waals surface area contributed by atoms with Gasteiger partial charge in [0.1, 0.15) is 0 Å². The Morgan fingerprint density at radius 2 is 2.06 bits per heavy atom. The number of thiophene rings is 1. The number of carbonyl (C=O) groups is 1. The Bertz CT molecular complexity index is 349. The van der Waals surface area contributed by atoms with Gasteiger partial charge < -0.3 is 5.32 Å². The van der Waals surface area contributed by atoms with Gasteiger partial charge in [-0.05, 0) is 30.7 Å². The van der Waals surface area contributed by atoms with Crippen molar-refractivity contribution in [2.75, 3.05) is 5.33 Å². The summed E-state index contributed by atoms with van der Waals surface area (Å²) in [5.41, 5.74) is 1.74. The minimum absolute atomic E-state index is 0.0434. The minimum atomic E-state index is -0.120. The molecule has 0 unspecified atom stereocenters. The van der Waals surface area contributed by atoms with Crippen LogP contribution in [-0.2, 0) is 0 Å². The molecule has 0 atom stereocenters. The molecule has 2 nitrogen and oxygen atoms in total. The maximum absolute atomic E-state index is 12.1. The van der Waals surface area contributed by atoms with E-state index in [1.807, 2.05) is 17.7 Å². The van der Waals surface area contributed by atoms with E-state index >= 15 is 0 Å². The van der Waals surface area contributed by atoms with Gasteiger partial charge in [0.05, 0.1) is 5.56 Å². The Labute approximate surface area is 110 Å². The summed E-state index contributed by atoms with van der Waals surface area (Å²) in [6.45, 7) is 6.18. The van der Waals surface area contributed by atoms with Crippen molar-refractivity contribution in [3.63, 3.8) is 0 Å². The van der Waals surface area contributed by atoms with Crippen LogP contribution in [0.3, 0.4) is 0 Å². The van der Waals surface area contributed by atoms with Gasteiger partial charge in [-0.3, -0.25) is 4.79 Å². The molecule has 0 saturated heterocycles. The molecule has 0 spiro atoms. The molecule has 1 aromatic heterocycles. The Hall–Kier alpha value is -0.350. The van der Waals surface area contributed by atoms with Crippen LogP contribution < -0.4 is 5.32 Å². The van der Waals surface area contributed by atoms with Crippen LogP contribution in [0.5, 0.6) is 0 Å². The molecule has 1 aromatic rings. The topological polar surface area (TPSA) is 29.1 Å². The van der Waals surface area contributed by atoms with E-state index in [0.717, 1.165) is 29.3 Å². The predicted octanol–water partition coefficient (Wildman–Crippen LogP) is 3.74. The SMILES string of the molecule is CCC(CC)(CBr)NC(=O)c1cscc1C. The van der Waals surface area contributed by atoms with Gasteiger partial charge in [-0.1, -0.05) is 29.8 Å². The van der Waals surface area contributed by atoms with Crippen LogP contribution in [-0.4, -0.2) is 16.8 Å². The Kier molecular flexibility index (Phi) is 4.99. The Morgan fingerprint density at radius 3 is 2.44 bits per heavy atom. The van der Waals surface area contributed by atoms with E-state index in [4.69, 9.17) is 0 Å².